The van der Waals surface area contributed by atoms with Crippen molar-refractivity contribution in [1.29, 1.82) is 0 Å². The Morgan fingerprint density at radius 2 is 1.89 bits per heavy atom. The highest BCUT2D eigenvalue weighted by Crippen LogP contribution is 2.21. The summed E-state index contributed by atoms with van der Waals surface area (Å²) in [4.78, 5) is 21.3. The van der Waals surface area contributed by atoms with Gasteiger partial charge in [0.25, 0.3) is 5.91 Å². The van der Waals surface area contributed by atoms with Crippen LogP contribution in [0.25, 0.3) is 0 Å². The Labute approximate surface area is 168 Å². The van der Waals surface area contributed by atoms with Gasteiger partial charge < -0.3 is 15.4 Å². The molecule has 0 aliphatic rings. The summed E-state index contributed by atoms with van der Waals surface area (Å²) in [6.07, 6.45) is 0. The van der Waals surface area contributed by atoms with Crippen LogP contribution in [-0.4, -0.2) is 23.0 Å². The minimum Gasteiger partial charge on any atom is -0.496 e. The van der Waals surface area contributed by atoms with Crippen molar-refractivity contribution >= 4 is 29.1 Å². The molecule has 0 fully saturated rings. The van der Waals surface area contributed by atoms with Crippen LogP contribution in [-0.2, 0) is 6.54 Å². The highest BCUT2D eigenvalue weighted by molar-refractivity contribution is 6.31. The van der Waals surface area contributed by atoms with Crippen LogP contribution in [0.4, 0.5) is 11.6 Å². The van der Waals surface area contributed by atoms with Crippen molar-refractivity contribution in [3.63, 3.8) is 0 Å². The van der Waals surface area contributed by atoms with E-state index in [0.717, 1.165) is 16.9 Å². The number of nitrogens with one attached hydrogen (secondary N) is 2. The summed E-state index contributed by atoms with van der Waals surface area (Å²) in [6.45, 7) is 4.19. The molecule has 0 radical (unpaired) electrons. The van der Waals surface area contributed by atoms with Crippen LogP contribution >= 0.6 is 11.6 Å². The fourth-order valence-corrected chi connectivity index (χ4v) is 2.83. The molecule has 7 heteroatoms. The molecule has 0 bridgehead atoms. The Balaban J connectivity index is 1.75. The molecule has 0 unspecified atom stereocenters. The molecule has 0 aliphatic carbocycles. The first-order chi connectivity index (χ1) is 13.5. The maximum atomic E-state index is 12.6. The Hall–Kier alpha value is -3.12. The van der Waals surface area contributed by atoms with Crippen LogP contribution in [0.1, 0.15) is 27.3 Å². The molecule has 28 heavy (non-hydrogen) atoms. The largest absolute Gasteiger partial charge is 0.496 e. The number of nitrogens with zero attached hydrogens (tertiary/aromatic N) is 2. The maximum absolute atomic E-state index is 12.6. The number of aryl methyl sites for hydroxylation is 2. The lowest BCUT2D eigenvalue weighted by Crippen LogP contribution is -2.16. The second-order valence-corrected chi connectivity index (χ2v) is 6.71. The minimum atomic E-state index is -0.328. The number of amides is 1. The third-order valence-corrected chi connectivity index (χ3v) is 4.55. The number of hydrogen-bond donors (Lipinski definition) is 2. The molecule has 1 aromatic heterocycles. The van der Waals surface area contributed by atoms with Gasteiger partial charge in [-0.2, -0.15) is 0 Å². The average molecular weight is 397 g/mol. The van der Waals surface area contributed by atoms with Crippen molar-refractivity contribution in [2.45, 2.75) is 20.4 Å². The van der Waals surface area contributed by atoms with Crippen LogP contribution in [0.3, 0.4) is 0 Å². The van der Waals surface area contributed by atoms with Gasteiger partial charge in [0.15, 0.2) is 0 Å². The quantitative estimate of drug-likeness (QED) is 0.635. The lowest BCUT2D eigenvalue weighted by atomic mass is 10.2. The molecule has 0 atom stereocenters. The number of carbonyl (C=O) groups is 1. The number of methoxy groups -OCH3 is 1. The van der Waals surface area contributed by atoms with Crippen LogP contribution in [0.2, 0.25) is 5.02 Å². The number of halogens is 1. The first-order valence-corrected chi connectivity index (χ1v) is 9.13. The Bertz CT molecular complexity index is 1010. The number of para-hydroxylation sites is 1. The molecule has 0 spiro atoms. The standard InChI is InChI=1S/C21H21ClN4O2/c1-13-8-9-16(11-17(13)22)25-20(27)18-10-14(2)24-21(26-18)23-12-15-6-4-5-7-19(15)28-3/h4-11H,12H2,1-3H3,(H,25,27)(H,23,24,26). The van der Waals surface area contributed by atoms with Gasteiger partial charge in [0, 0.05) is 28.5 Å². The van der Waals surface area contributed by atoms with E-state index in [9.17, 15) is 4.79 Å². The highest BCUT2D eigenvalue weighted by atomic mass is 35.5. The van der Waals surface area contributed by atoms with E-state index in [-0.39, 0.29) is 11.6 Å². The lowest BCUT2D eigenvalue weighted by molar-refractivity contribution is 0.102. The topological polar surface area (TPSA) is 76.1 Å². The third-order valence-electron chi connectivity index (χ3n) is 4.15. The van der Waals surface area contributed by atoms with Gasteiger partial charge in [-0.25, -0.2) is 9.97 Å². The van der Waals surface area contributed by atoms with E-state index in [1.165, 1.54) is 0 Å². The van der Waals surface area contributed by atoms with Gasteiger partial charge in [0.2, 0.25) is 5.95 Å². The number of hydrogen-bond acceptors (Lipinski definition) is 5. The van der Waals surface area contributed by atoms with E-state index >= 15 is 0 Å². The van der Waals surface area contributed by atoms with Gasteiger partial charge >= 0.3 is 0 Å². The van der Waals surface area contributed by atoms with E-state index < -0.39 is 0 Å². The molecule has 6 nitrogen and oxygen atoms in total. The monoisotopic (exact) mass is 396 g/mol. The zero-order valence-corrected chi connectivity index (χ0v) is 16.7. The highest BCUT2D eigenvalue weighted by Gasteiger charge is 2.12. The van der Waals surface area contributed by atoms with Crippen molar-refractivity contribution < 1.29 is 9.53 Å². The molecule has 144 valence electrons. The second kappa shape index (κ2) is 8.71. The molecular formula is C21H21ClN4O2. The second-order valence-electron chi connectivity index (χ2n) is 6.30. The van der Waals surface area contributed by atoms with Gasteiger partial charge in [-0.15, -0.1) is 0 Å². The molecular weight excluding hydrogens is 376 g/mol. The summed E-state index contributed by atoms with van der Waals surface area (Å²) in [5, 5.41) is 6.55. The summed E-state index contributed by atoms with van der Waals surface area (Å²) in [7, 11) is 1.63. The molecule has 0 aliphatic heterocycles. The summed E-state index contributed by atoms with van der Waals surface area (Å²) in [5.74, 6) is 0.820. The molecule has 1 heterocycles. The van der Waals surface area contributed by atoms with Crippen molar-refractivity contribution in [1.82, 2.24) is 9.97 Å². The molecule has 2 aromatic carbocycles. The summed E-state index contributed by atoms with van der Waals surface area (Å²) < 4.78 is 5.35. The van der Waals surface area contributed by atoms with Gasteiger partial charge in [-0.05, 0) is 43.7 Å². The minimum absolute atomic E-state index is 0.270. The Morgan fingerprint density at radius 3 is 2.64 bits per heavy atom. The Kier molecular flexibility index (Phi) is 6.11. The lowest BCUT2D eigenvalue weighted by Gasteiger charge is -2.11. The van der Waals surface area contributed by atoms with Crippen LogP contribution < -0.4 is 15.4 Å². The zero-order valence-electron chi connectivity index (χ0n) is 15.9. The summed E-state index contributed by atoms with van der Waals surface area (Å²) in [5.41, 5.74) is 3.48. The summed E-state index contributed by atoms with van der Waals surface area (Å²) in [6, 6.07) is 14.7. The first kappa shape index (κ1) is 19.6. The average Bonchev–Trinajstić information content (AvgIpc) is 2.69. The Morgan fingerprint density at radius 1 is 1.11 bits per heavy atom. The number of rotatable bonds is 6. The molecule has 0 saturated carbocycles. The van der Waals surface area contributed by atoms with E-state index in [4.69, 9.17) is 16.3 Å². The predicted octanol–water partition coefficient (Wildman–Crippen LogP) is 4.62. The van der Waals surface area contributed by atoms with E-state index in [1.807, 2.05) is 44.2 Å². The van der Waals surface area contributed by atoms with Crippen molar-refractivity contribution in [2.24, 2.45) is 0 Å². The number of benzene rings is 2. The summed E-state index contributed by atoms with van der Waals surface area (Å²) >= 11 is 6.12. The van der Waals surface area contributed by atoms with Gasteiger partial charge in [-0.1, -0.05) is 35.9 Å². The van der Waals surface area contributed by atoms with E-state index in [2.05, 4.69) is 20.6 Å². The normalized spacial score (nSPS) is 10.4. The van der Waals surface area contributed by atoms with Crippen molar-refractivity contribution in [3.05, 3.63) is 76.1 Å². The first-order valence-electron chi connectivity index (χ1n) is 8.75. The van der Waals surface area contributed by atoms with E-state index in [1.54, 1.807) is 25.3 Å². The van der Waals surface area contributed by atoms with Crippen LogP contribution in [0, 0.1) is 13.8 Å². The molecule has 2 N–H and O–H groups in total. The van der Waals surface area contributed by atoms with Crippen molar-refractivity contribution in [3.8, 4) is 5.75 Å². The van der Waals surface area contributed by atoms with Gasteiger partial charge in [0.1, 0.15) is 11.4 Å². The maximum Gasteiger partial charge on any atom is 0.274 e. The number of ether oxygens (including phenoxy) is 1. The number of carbonyl (C=O) groups excluding carboxylic acids is 1. The predicted molar refractivity (Wildman–Crippen MR) is 111 cm³/mol. The fourth-order valence-electron chi connectivity index (χ4n) is 2.65. The SMILES string of the molecule is COc1ccccc1CNc1nc(C)cc(C(=O)Nc2ccc(C)c(Cl)c2)n1. The third kappa shape index (κ3) is 4.78. The van der Waals surface area contributed by atoms with Gasteiger partial charge in [-0.3, -0.25) is 4.79 Å². The van der Waals surface area contributed by atoms with Crippen molar-refractivity contribution in [2.75, 3.05) is 17.7 Å². The van der Waals surface area contributed by atoms with Crippen LogP contribution in [0.15, 0.2) is 48.5 Å². The molecule has 3 aromatic rings. The van der Waals surface area contributed by atoms with Crippen LogP contribution in [0.5, 0.6) is 5.75 Å². The van der Waals surface area contributed by atoms with Gasteiger partial charge in [0.05, 0.1) is 7.11 Å². The zero-order chi connectivity index (χ0) is 20.1. The smallest absolute Gasteiger partial charge is 0.274 e. The van der Waals surface area contributed by atoms with E-state index in [0.29, 0.717) is 28.9 Å². The molecule has 1 amide bonds. The fraction of sp³-hybridized carbons (Fsp3) is 0.190. The number of aromatic nitrogens is 2. The number of anilines is 2. The molecule has 0 saturated heterocycles. The molecule has 3 rings (SSSR count).